The number of carbonyl (C=O) groups excluding carboxylic acids is 1. The Hall–Kier alpha value is -1.89. The first-order valence-electron chi connectivity index (χ1n) is 6.78. The lowest BCUT2D eigenvalue weighted by Gasteiger charge is -2.18. The number of rotatable bonds is 6. The molecular weight excluding hydrogens is 286 g/mol. The Bertz CT molecular complexity index is 584. The van der Waals surface area contributed by atoms with Crippen molar-refractivity contribution < 1.29 is 4.79 Å². The molecule has 0 bridgehead atoms. The molecule has 1 atom stereocenters. The maximum atomic E-state index is 12.4. The highest BCUT2D eigenvalue weighted by Crippen LogP contribution is 2.25. The van der Waals surface area contributed by atoms with E-state index in [1.54, 1.807) is 12.4 Å². The van der Waals surface area contributed by atoms with Crippen molar-refractivity contribution in [3.8, 4) is 0 Å². The number of nitrogens with one attached hydrogen (secondary N) is 2. The fourth-order valence-electron chi connectivity index (χ4n) is 1.77. The van der Waals surface area contributed by atoms with Crippen LogP contribution < -0.4 is 5.32 Å². The quantitative estimate of drug-likeness (QED) is 0.797. The second-order valence-corrected chi connectivity index (χ2v) is 6.17. The smallest absolute Gasteiger partial charge is 0.234 e. The predicted octanol–water partition coefficient (Wildman–Crippen LogP) is 1.94. The number of H-pyrrole nitrogens is 1. The van der Waals surface area contributed by atoms with Crippen LogP contribution in [0.3, 0.4) is 0 Å². The van der Waals surface area contributed by atoms with Crippen molar-refractivity contribution in [2.24, 2.45) is 5.92 Å². The Labute approximate surface area is 128 Å². The highest BCUT2D eigenvalue weighted by atomic mass is 32.2. The van der Waals surface area contributed by atoms with Crippen molar-refractivity contribution in [1.29, 1.82) is 0 Å². The SMILES string of the molecule is Cc1nc(S[C@@H](C(=O)NCc2cccnc2)C(C)C)n[nH]1. The topological polar surface area (TPSA) is 83.6 Å². The van der Waals surface area contributed by atoms with Gasteiger partial charge in [0.05, 0.1) is 5.25 Å². The highest BCUT2D eigenvalue weighted by molar-refractivity contribution is 8.00. The maximum absolute atomic E-state index is 12.4. The molecular formula is C14H19N5OS. The number of thioether (sulfide) groups is 1. The van der Waals surface area contributed by atoms with Crippen molar-refractivity contribution in [2.45, 2.75) is 37.7 Å². The predicted molar refractivity (Wildman–Crippen MR) is 81.7 cm³/mol. The number of aromatic amines is 1. The van der Waals surface area contributed by atoms with Gasteiger partial charge in [-0.15, -0.1) is 5.10 Å². The normalized spacial score (nSPS) is 12.4. The zero-order chi connectivity index (χ0) is 15.2. The van der Waals surface area contributed by atoms with E-state index in [0.29, 0.717) is 11.7 Å². The third-order valence-corrected chi connectivity index (χ3v) is 4.27. The van der Waals surface area contributed by atoms with Crippen LogP contribution in [0.4, 0.5) is 0 Å². The van der Waals surface area contributed by atoms with E-state index in [4.69, 9.17) is 0 Å². The van der Waals surface area contributed by atoms with Crippen LogP contribution in [0.5, 0.6) is 0 Å². The summed E-state index contributed by atoms with van der Waals surface area (Å²) in [5.74, 6) is 0.916. The van der Waals surface area contributed by atoms with E-state index in [0.717, 1.165) is 11.4 Å². The molecule has 0 aliphatic heterocycles. The van der Waals surface area contributed by atoms with Gasteiger partial charge in [0, 0.05) is 18.9 Å². The van der Waals surface area contributed by atoms with Crippen LogP contribution >= 0.6 is 11.8 Å². The van der Waals surface area contributed by atoms with Crippen LogP contribution in [0.2, 0.25) is 0 Å². The molecule has 7 heteroatoms. The molecule has 2 rings (SSSR count). The molecule has 0 aromatic carbocycles. The first kappa shape index (κ1) is 15.5. The molecule has 0 unspecified atom stereocenters. The standard InChI is InChI=1S/C14H19N5OS/c1-9(2)12(21-14-17-10(3)18-19-14)13(20)16-8-11-5-4-6-15-7-11/h4-7,9,12H,8H2,1-3H3,(H,16,20)(H,17,18,19)/t12-/m1/s1. The van der Waals surface area contributed by atoms with E-state index in [1.165, 1.54) is 11.8 Å². The molecule has 112 valence electrons. The van der Waals surface area contributed by atoms with Crippen LogP contribution in [0.25, 0.3) is 0 Å². The lowest BCUT2D eigenvalue weighted by Crippen LogP contribution is -2.35. The fourth-order valence-corrected chi connectivity index (χ4v) is 2.75. The number of nitrogens with zero attached hydrogens (tertiary/aromatic N) is 3. The van der Waals surface area contributed by atoms with E-state index in [-0.39, 0.29) is 17.1 Å². The van der Waals surface area contributed by atoms with Gasteiger partial charge in [0.2, 0.25) is 11.1 Å². The zero-order valence-corrected chi connectivity index (χ0v) is 13.1. The second kappa shape index (κ2) is 7.21. The number of carbonyl (C=O) groups is 1. The number of pyridine rings is 1. The van der Waals surface area contributed by atoms with E-state index in [9.17, 15) is 4.79 Å². The molecule has 2 aromatic rings. The summed E-state index contributed by atoms with van der Waals surface area (Å²) >= 11 is 1.38. The lowest BCUT2D eigenvalue weighted by atomic mass is 10.1. The fraction of sp³-hybridized carbons (Fsp3) is 0.429. The first-order valence-corrected chi connectivity index (χ1v) is 7.66. The molecule has 2 aromatic heterocycles. The maximum Gasteiger partial charge on any atom is 0.234 e. The van der Waals surface area contributed by atoms with Gasteiger partial charge in [-0.3, -0.25) is 14.9 Å². The van der Waals surface area contributed by atoms with E-state index in [2.05, 4.69) is 25.5 Å². The van der Waals surface area contributed by atoms with Crippen molar-refractivity contribution in [3.63, 3.8) is 0 Å². The summed E-state index contributed by atoms with van der Waals surface area (Å²) in [7, 11) is 0. The van der Waals surface area contributed by atoms with Crippen molar-refractivity contribution in [1.82, 2.24) is 25.5 Å². The molecule has 0 aliphatic carbocycles. The van der Waals surface area contributed by atoms with Crippen molar-refractivity contribution in [3.05, 3.63) is 35.9 Å². The summed E-state index contributed by atoms with van der Waals surface area (Å²) in [6.07, 6.45) is 3.46. The molecule has 1 amide bonds. The largest absolute Gasteiger partial charge is 0.351 e. The third-order valence-electron chi connectivity index (χ3n) is 2.86. The van der Waals surface area contributed by atoms with Gasteiger partial charge in [-0.05, 0) is 24.5 Å². The van der Waals surface area contributed by atoms with Gasteiger partial charge in [0.25, 0.3) is 0 Å². The number of aromatic nitrogens is 4. The summed E-state index contributed by atoms with van der Waals surface area (Å²) in [4.78, 5) is 20.6. The molecule has 0 aliphatic rings. The Kier molecular flexibility index (Phi) is 5.32. The Morgan fingerprint density at radius 1 is 1.48 bits per heavy atom. The molecule has 0 saturated heterocycles. The summed E-state index contributed by atoms with van der Waals surface area (Å²) in [5, 5.41) is 10.2. The number of aryl methyl sites for hydroxylation is 1. The van der Waals surface area contributed by atoms with Gasteiger partial charge in [0.15, 0.2) is 0 Å². The van der Waals surface area contributed by atoms with Crippen LogP contribution in [0, 0.1) is 12.8 Å². The van der Waals surface area contributed by atoms with Gasteiger partial charge in [0.1, 0.15) is 5.82 Å². The molecule has 2 heterocycles. The zero-order valence-electron chi connectivity index (χ0n) is 12.3. The minimum absolute atomic E-state index is 0.0127. The van der Waals surface area contributed by atoms with Gasteiger partial charge < -0.3 is 5.32 Å². The molecule has 0 saturated carbocycles. The first-order chi connectivity index (χ1) is 10.1. The van der Waals surface area contributed by atoms with Gasteiger partial charge in [-0.25, -0.2) is 4.98 Å². The Morgan fingerprint density at radius 3 is 2.86 bits per heavy atom. The minimum Gasteiger partial charge on any atom is -0.351 e. The van der Waals surface area contributed by atoms with Gasteiger partial charge in [-0.1, -0.05) is 31.7 Å². The molecule has 6 nitrogen and oxygen atoms in total. The molecule has 0 radical (unpaired) electrons. The van der Waals surface area contributed by atoms with Crippen molar-refractivity contribution in [2.75, 3.05) is 0 Å². The highest BCUT2D eigenvalue weighted by Gasteiger charge is 2.25. The van der Waals surface area contributed by atoms with E-state index < -0.39 is 0 Å². The molecule has 0 fully saturated rings. The molecule has 21 heavy (non-hydrogen) atoms. The monoisotopic (exact) mass is 305 g/mol. The van der Waals surface area contributed by atoms with Crippen molar-refractivity contribution >= 4 is 17.7 Å². The number of hydrogen-bond donors (Lipinski definition) is 2. The van der Waals surface area contributed by atoms with Gasteiger partial charge in [-0.2, -0.15) is 0 Å². The van der Waals surface area contributed by atoms with Crippen LogP contribution in [0.1, 0.15) is 25.2 Å². The summed E-state index contributed by atoms with van der Waals surface area (Å²) in [6.45, 7) is 6.34. The van der Waals surface area contributed by atoms with E-state index >= 15 is 0 Å². The van der Waals surface area contributed by atoms with E-state index in [1.807, 2.05) is 32.9 Å². The average Bonchev–Trinajstić information content (AvgIpc) is 2.88. The van der Waals surface area contributed by atoms with Crippen LogP contribution in [0.15, 0.2) is 29.7 Å². The number of amides is 1. The van der Waals surface area contributed by atoms with Crippen LogP contribution in [-0.2, 0) is 11.3 Å². The average molecular weight is 305 g/mol. The molecule has 2 N–H and O–H groups in total. The molecule has 0 spiro atoms. The third kappa shape index (κ3) is 4.56. The minimum atomic E-state index is -0.225. The van der Waals surface area contributed by atoms with Crippen LogP contribution in [-0.4, -0.2) is 31.3 Å². The van der Waals surface area contributed by atoms with Gasteiger partial charge >= 0.3 is 0 Å². The lowest BCUT2D eigenvalue weighted by molar-refractivity contribution is -0.121. The Balaban J connectivity index is 1.96. The number of hydrogen-bond acceptors (Lipinski definition) is 5. The summed E-state index contributed by atoms with van der Waals surface area (Å²) in [5.41, 5.74) is 0.979. The second-order valence-electron chi connectivity index (χ2n) is 5.06. The Morgan fingerprint density at radius 2 is 2.29 bits per heavy atom. The summed E-state index contributed by atoms with van der Waals surface area (Å²) < 4.78 is 0. The summed E-state index contributed by atoms with van der Waals surface area (Å²) in [6, 6.07) is 3.79.